The molecule has 1 rings (SSSR count). The second kappa shape index (κ2) is 5.70. The lowest BCUT2D eigenvalue weighted by Crippen LogP contribution is -2.48. The molecule has 0 aromatic carbocycles. The average Bonchev–Trinajstić information content (AvgIpc) is 2.13. The summed E-state index contributed by atoms with van der Waals surface area (Å²) in [5.74, 6) is -0.194. The minimum absolute atomic E-state index is 0.104. The highest BCUT2D eigenvalue weighted by atomic mass is 16.5. The van der Waals surface area contributed by atoms with E-state index in [1.54, 1.807) is 9.80 Å². The summed E-state index contributed by atoms with van der Waals surface area (Å²) in [7, 11) is 1.35. The van der Waals surface area contributed by atoms with E-state index < -0.39 is 0 Å². The lowest BCUT2D eigenvalue weighted by atomic mass is 10.2. The maximum atomic E-state index is 11.6. The first-order valence-corrected chi connectivity index (χ1v) is 5.24. The van der Waals surface area contributed by atoms with Gasteiger partial charge in [0, 0.05) is 13.1 Å². The van der Waals surface area contributed by atoms with E-state index in [1.807, 2.05) is 6.92 Å². The molecule has 0 aliphatic carbocycles. The number of likely N-dealkylation sites (N-methyl/N-ethyl adjacent to an activating group) is 1. The predicted molar refractivity (Wildman–Crippen MR) is 55.3 cm³/mol. The molecule has 15 heavy (non-hydrogen) atoms. The quantitative estimate of drug-likeness (QED) is 0.590. The summed E-state index contributed by atoms with van der Waals surface area (Å²) in [5, 5.41) is 0. The summed E-state index contributed by atoms with van der Waals surface area (Å²) < 4.78 is 4.56. The molecule has 0 saturated carbocycles. The Bertz CT molecular complexity index is 239. The zero-order valence-corrected chi connectivity index (χ0v) is 9.36. The Morgan fingerprint density at radius 1 is 1.33 bits per heavy atom. The highest BCUT2D eigenvalue weighted by Gasteiger charge is 2.22. The molecule has 0 unspecified atom stereocenters. The fourth-order valence-electron chi connectivity index (χ4n) is 1.38. The van der Waals surface area contributed by atoms with Gasteiger partial charge in [-0.3, -0.25) is 14.5 Å². The van der Waals surface area contributed by atoms with Crippen molar-refractivity contribution in [3.63, 3.8) is 0 Å². The highest BCUT2D eigenvalue weighted by Crippen LogP contribution is 2.06. The lowest BCUT2D eigenvalue weighted by molar-refractivity contribution is -0.143. The molecular formula is C10H18N2O3. The van der Waals surface area contributed by atoms with Crippen LogP contribution in [0.3, 0.4) is 0 Å². The molecule has 0 spiro atoms. The largest absolute Gasteiger partial charge is 0.468 e. The van der Waals surface area contributed by atoms with Gasteiger partial charge in [0.1, 0.15) is 0 Å². The van der Waals surface area contributed by atoms with Crippen molar-refractivity contribution in [3.8, 4) is 0 Å². The number of esters is 1. The first kappa shape index (κ1) is 12.0. The predicted octanol–water partition coefficient (Wildman–Crippen LogP) is -0.286. The summed E-state index contributed by atoms with van der Waals surface area (Å²) in [6, 6.07) is 0. The van der Waals surface area contributed by atoms with Crippen LogP contribution < -0.4 is 0 Å². The molecule has 5 heteroatoms. The van der Waals surface area contributed by atoms with Gasteiger partial charge in [0.25, 0.3) is 0 Å². The van der Waals surface area contributed by atoms with Crippen LogP contribution in [0.15, 0.2) is 0 Å². The third-order valence-corrected chi connectivity index (χ3v) is 2.60. The van der Waals surface area contributed by atoms with E-state index in [0.717, 1.165) is 19.5 Å². The number of hydrogen-bond acceptors (Lipinski definition) is 4. The van der Waals surface area contributed by atoms with Crippen LogP contribution in [0.2, 0.25) is 0 Å². The Morgan fingerprint density at radius 3 is 2.40 bits per heavy atom. The van der Waals surface area contributed by atoms with Crippen molar-refractivity contribution in [3.05, 3.63) is 0 Å². The van der Waals surface area contributed by atoms with E-state index in [4.69, 9.17) is 0 Å². The Balaban J connectivity index is 2.31. The topological polar surface area (TPSA) is 49.9 Å². The molecule has 0 bridgehead atoms. The molecule has 1 heterocycles. The van der Waals surface area contributed by atoms with Gasteiger partial charge in [-0.05, 0) is 13.0 Å². The fourth-order valence-corrected chi connectivity index (χ4v) is 1.38. The van der Waals surface area contributed by atoms with Gasteiger partial charge < -0.3 is 9.64 Å². The zero-order valence-electron chi connectivity index (χ0n) is 9.36. The van der Waals surface area contributed by atoms with Crippen molar-refractivity contribution in [2.24, 2.45) is 0 Å². The van der Waals surface area contributed by atoms with Crippen LogP contribution in [0.25, 0.3) is 0 Å². The third-order valence-electron chi connectivity index (χ3n) is 2.60. The maximum Gasteiger partial charge on any atom is 0.319 e. The van der Waals surface area contributed by atoms with Crippen LogP contribution in [0.5, 0.6) is 0 Å². The number of amides is 1. The van der Waals surface area contributed by atoms with E-state index >= 15 is 0 Å². The molecule has 1 fully saturated rings. The first-order chi connectivity index (χ1) is 7.17. The van der Waals surface area contributed by atoms with Gasteiger partial charge in [-0.25, -0.2) is 0 Å². The first-order valence-electron chi connectivity index (χ1n) is 5.24. The van der Waals surface area contributed by atoms with E-state index in [0.29, 0.717) is 13.1 Å². The standard InChI is InChI=1S/C10H18N2O3/c1-3-11(8-10(14)15-2)7-9(13)12-5-4-6-12/h3-8H2,1-2H3. The number of rotatable bonds is 5. The lowest BCUT2D eigenvalue weighted by Gasteiger charge is -2.32. The van der Waals surface area contributed by atoms with Gasteiger partial charge in [0.2, 0.25) is 5.91 Å². The molecular weight excluding hydrogens is 196 g/mol. The summed E-state index contributed by atoms with van der Waals surface area (Å²) in [6.45, 7) is 4.81. The number of ether oxygens (including phenoxy) is 1. The smallest absolute Gasteiger partial charge is 0.319 e. The van der Waals surface area contributed by atoms with Crippen LogP contribution in [-0.4, -0.2) is 61.5 Å². The summed E-state index contributed by atoms with van der Waals surface area (Å²) >= 11 is 0. The van der Waals surface area contributed by atoms with E-state index in [1.165, 1.54) is 7.11 Å². The van der Waals surface area contributed by atoms with Crippen LogP contribution >= 0.6 is 0 Å². The monoisotopic (exact) mass is 214 g/mol. The number of methoxy groups -OCH3 is 1. The summed E-state index contributed by atoms with van der Waals surface area (Å²) in [6.07, 6.45) is 1.09. The second-order valence-electron chi connectivity index (χ2n) is 3.61. The van der Waals surface area contributed by atoms with Crippen molar-refractivity contribution in [1.29, 1.82) is 0 Å². The normalized spacial score (nSPS) is 15.0. The van der Waals surface area contributed by atoms with Gasteiger partial charge in [-0.2, -0.15) is 0 Å². The van der Waals surface area contributed by atoms with Crippen molar-refractivity contribution in [2.75, 3.05) is 39.8 Å². The fraction of sp³-hybridized carbons (Fsp3) is 0.800. The number of carbonyl (C=O) groups excluding carboxylic acids is 2. The molecule has 0 aromatic rings. The maximum absolute atomic E-state index is 11.6. The molecule has 86 valence electrons. The number of nitrogens with zero attached hydrogens (tertiary/aromatic N) is 2. The molecule has 0 atom stereocenters. The van der Waals surface area contributed by atoms with Crippen LogP contribution in [0.1, 0.15) is 13.3 Å². The number of likely N-dealkylation sites (tertiary alicyclic amines) is 1. The molecule has 0 N–H and O–H groups in total. The van der Waals surface area contributed by atoms with Crippen molar-refractivity contribution < 1.29 is 14.3 Å². The molecule has 0 aromatic heterocycles. The molecule has 0 radical (unpaired) electrons. The summed E-state index contributed by atoms with van der Waals surface area (Å²) in [4.78, 5) is 26.2. The molecule has 1 aliphatic rings. The Hall–Kier alpha value is -1.10. The second-order valence-corrected chi connectivity index (χ2v) is 3.61. The Kier molecular flexibility index (Phi) is 4.55. The van der Waals surface area contributed by atoms with Crippen molar-refractivity contribution >= 4 is 11.9 Å². The van der Waals surface area contributed by atoms with Gasteiger partial charge in [0.15, 0.2) is 0 Å². The van der Waals surface area contributed by atoms with Crippen LogP contribution in [0, 0.1) is 0 Å². The highest BCUT2D eigenvalue weighted by molar-refractivity contribution is 5.80. The van der Waals surface area contributed by atoms with Gasteiger partial charge in [0.05, 0.1) is 20.2 Å². The minimum atomic E-state index is -0.298. The van der Waals surface area contributed by atoms with Gasteiger partial charge >= 0.3 is 5.97 Å². The van der Waals surface area contributed by atoms with Crippen molar-refractivity contribution in [2.45, 2.75) is 13.3 Å². The molecule has 1 amide bonds. The third kappa shape index (κ3) is 3.51. The average molecular weight is 214 g/mol. The van der Waals surface area contributed by atoms with Crippen LogP contribution in [0.4, 0.5) is 0 Å². The van der Waals surface area contributed by atoms with E-state index in [-0.39, 0.29) is 18.4 Å². The number of hydrogen-bond donors (Lipinski definition) is 0. The van der Waals surface area contributed by atoms with Crippen molar-refractivity contribution in [1.82, 2.24) is 9.80 Å². The van der Waals surface area contributed by atoms with E-state index in [9.17, 15) is 9.59 Å². The molecule has 1 saturated heterocycles. The summed E-state index contributed by atoms with van der Waals surface area (Å²) in [5.41, 5.74) is 0. The van der Waals surface area contributed by atoms with E-state index in [2.05, 4.69) is 4.74 Å². The minimum Gasteiger partial charge on any atom is -0.468 e. The Labute approximate surface area is 90.0 Å². The van der Waals surface area contributed by atoms with Gasteiger partial charge in [-0.15, -0.1) is 0 Å². The Morgan fingerprint density at radius 2 is 2.00 bits per heavy atom. The molecule has 1 aliphatic heterocycles. The molecule has 5 nitrogen and oxygen atoms in total. The SMILES string of the molecule is CCN(CC(=O)OC)CC(=O)N1CCC1. The zero-order chi connectivity index (χ0) is 11.3. The van der Waals surface area contributed by atoms with Gasteiger partial charge in [-0.1, -0.05) is 6.92 Å². The van der Waals surface area contributed by atoms with Crippen LogP contribution in [-0.2, 0) is 14.3 Å². The number of carbonyl (C=O) groups is 2.